The number of carbonyl (C=O) groups excluding carboxylic acids is 1. The van der Waals surface area contributed by atoms with Crippen molar-refractivity contribution in [3.05, 3.63) is 29.8 Å². The molecule has 116 valence electrons. The van der Waals surface area contributed by atoms with Crippen LogP contribution in [0, 0.1) is 5.92 Å². The smallest absolute Gasteiger partial charge is 0.469 e. The van der Waals surface area contributed by atoms with Crippen molar-refractivity contribution in [3.63, 3.8) is 0 Å². The van der Waals surface area contributed by atoms with Crippen molar-refractivity contribution in [1.82, 2.24) is 0 Å². The summed E-state index contributed by atoms with van der Waals surface area (Å²) in [5.74, 6) is 0.454. The Balaban J connectivity index is 0.00000242. The molecule has 0 saturated heterocycles. The fourth-order valence-electron chi connectivity index (χ4n) is 3.01. The molecule has 22 heavy (non-hydrogen) atoms. The van der Waals surface area contributed by atoms with Crippen molar-refractivity contribution in [3.8, 4) is 0 Å². The zero-order valence-electron chi connectivity index (χ0n) is 13.0. The third kappa shape index (κ3) is 5.67. The minimum atomic E-state index is -4.92. The summed E-state index contributed by atoms with van der Waals surface area (Å²) in [7, 11) is 1.39. The monoisotopic (exact) mass is 338 g/mol. The molecular formula is C15H19BF3KO2. The van der Waals surface area contributed by atoms with Crippen molar-refractivity contribution >= 4 is 18.4 Å². The van der Waals surface area contributed by atoms with E-state index in [4.69, 9.17) is 0 Å². The topological polar surface area (TPSA) is 26.3 Å². The van der Waals surface area contributed by atoms with Gasteiger partial charge in [0, 0.05) is 6.42 Å². The SMILES string of the molecule is COC(=O)C[C@H]1CC[C@H](c2ccc([B-](F)(F)F)cc2)CC1.[K+]. The minimum Gasteiger partial charge on any atom is -0.469 e. The minimum absolute atomic E-state index is 0. The van der Waals surface area contributed by atoms with Crippen LogP contribution in [0.2, 0.25) is 0 Å². The fraction of sp³-hybridized carbons (Fsp3) is 0.533. The van der Waals surface area contributed by atoms with Crippen LogP contribution in [0.15, 0.2) is 24.3 Å². The Morgan fingerprint density at radius 2 is 1.68 bits per heavy atom. The van der Waals surface area contributed by atoms with Gasteiger partial charge in [0.15, 0.2) is 0 Å². The second kappa shape index (κ2) is 8.87. The van der Waals surface area contributed by atoms with Gasteiger partial charge < -0.3 is 17.7 Å². The number of hydrogen-bond acceptors (Lipinski definition) is 2. The van der Waals surface area contributed by atoms with Crippen molar-refractivity contribution in [2.45, 2.75) is 38.0 Å². The Morgan fingerprint density at radius 3 is 2.14 bits per heavy atom. The van der Waals surface area contributed by atoms with E-state index in [0.29, 0.717) is 18.3 Å². The number of esters is 1. The molecule has 0 N–H and O–H groups in total. The summed E-state index contributed by atoms with van der Waals surface area (Å²) in [5, 5.41) is 0. The number of rotatable bonds is 4. The van der Waals surface area contributed by atoms with Crippen LogP contribution in [0.3, 0.4) is 0 Å². The second-order valence-electron chi connectivity index (χ2n) is 5.74. The summed E-state index contributed by atoms with van der Waals surface area (Å²) in [5.41, 5.74) is 0.424. The number of ether oxygens (including phenoxy) is 1. The average molecular weight is 338 g/mol. The van der Waals surface area contributed by atoms with Crippen LogP contribution >= 0.6 is 0 Å². The van der Waals surface area contributed by atoms with Crippen molar-refractivity contribution in [1.29, 1.82) is 0 Å². The van der Waals surface area contributed by atoms with Crippen molar-refractivity contribution < 1.29 is 73.9 Å². The van der Waals surface area contributed by atoms with Gasteiger partial charge >= 0.3 is 64.3 Å². The first-order valence-electron chi connectivity index (χ1n) is 7.26. The van der Waals surface area contributed by atoms with Gasteiger partial charge in [-0.1, -0.05) is 24.3 Å². The predicted octanol–water partition coefficient (Wildman–Crippen LogP) is 0.582. The molecule has 1 saturated carbocycles. The summed E-state index contributed by atoms with van der Waals surface area (Å²) >= 11 is 0. The maximum absolute atomic E-state index is 12.6. The fourth-order valence-corrected chi connectivity index (χ4v) is 3.01. The molecule has 0 unspecified atom stereocenters. The van der Waals surface area contributed by atoms with E-state index in [1.807, 2.05) is 0 Å². The summed E-state index contributed by atoms with van der Waals surface area (Å²) in [6.45, 7) is -4.92. The van der Waals surface area contributed by atoms with Crippen LogP contribution in [0.5, 0.6) is 0 Å². The van der Waals surface area contributed by atoms with E-state index in [0.717, 1.165) is 31.2 Å². The van der Waals surface area contributed by atoms with Gasteiger partial charge in [0.1, 0.15) is 0 Å². The standard InChI is InChI=1S/C15H19BF3O2.K/c1-21-15(20)10-11-2-4-12(5-3-11)13-6-8-14(9-7-13)16(17,18)19;/h6-9,11-12H,2-5,10H2,1H3;/q-1;+1/t11-,12-;. The van der Waals surface area contributed by atoms with Crippen molar-refractivity contribution in [2.75, 3.05) is 7.11 Å². The summed E-state index contributed by atoms with van der Waals surface area (Å²) in [4.78, 5) is 11.2. The third-order valence-corrected chi connectivity index (χ3v) is 4.32. The first kappa shape index (κ1) is 20.2. The van der Waals surface area contributed by atoms with E-state index in [1.54, 1.807) is 12.1 Å². The summed E-state index contributed by atoms with van der Waals surface area (Å²) in [6.07, 6.45) is 4.12. The van der Waals surface area contributed by atoms with Crippen LogP contribution in [0.1, 0.15) is 43.6 Å². The van der Waals surface area contributed by atoms with E-state index in [1.165, 1.54) is 19.2 Å². The first-order valence-corrected chi connectivity index (χ1v) is 7.26. The predicted molar refractivity (Wildman–Crippen MR) is 76.5 cm³/mol. The number of carbonyl (C=O) groups is 1. The Kier molecular flexibility index (Phi) is 8.16. The normalized spacial score (nSPS) is 21.8. The van der Waals surface area contributed by atoms with Crippen LogP contribution < -0.4 is 56.8 Å². The Morgan fingerprint density at radius 1 is 1.14 bits per heavy atom. The van der Waals surface area contributed by atoms with Gasteiger partial charge in [-0.3, -0.25) is 4.79 Å². The molecule has 1 fully saturated rings. The molecule has 1 aromatic rings. The molecule has 0 heterocycles. The van der Waals surface area contributed by atoms with E-state index in [2.05, 4.69) is 4.74 Å². The largest absolute Gasteiger partial charge is 1.00 e. The van der Waals surface area contributed by atoms with Gasteiger partial charge in [0.25, 0.3) is 0 Å². The maximum Gasteiger partial charge on any atom is 1.00 e. The number of hydrogen-bond donors (Lipinski definition) is 0. The number of methoxy groups -OCH3 is 1. The Bertz CT molecular complexity index is 483. The molecule has 0 radical (unpaired) electrons. The summed E-state index contributed by atoms with van der Waals surface area (Å²) < 4.78 is 42.4. The average Bonchev–Trinajstić information content (AvgIpc) is 2.47. The molecule has 2 rings (SSSR count). The van der Waals surface area contributed by atoms with Gasteiger partial charge in [0.2, 0.25) is 0 Å². The molecule has 1 aromatic carbocycles. The zero-order chi connectivity index (χ0) is 15.5. The van der Waals surface area contributed by atoms with E-state index in [-0.39, 0.29) is 57.4 Å². The maximum atomic E-state index is 12.6. The zero-order valence-corrected chi connectivity index (χ0v) is 16.2. The molecule has 0 bridgehead atoms. The molecule has 0 amide bonds. The number of benzene rings is 1. The molecule has 2 nitrogen and oxygen atoms in total. The molecule has 1 aliphatic rings. The van der Waals surface area contributed by atoms with Crippen LogP contribution in [-0.2, 0) is 9.53 Å². The Hall–Kier alpha value is 0.181. The van der Waals surface area contributed by atoms with Gasteiger partial charge in [-0.05, 0) is 43.1 Å². The van der Waals surface area contributed by atoms with Gasteiger partial charge in [-0.2, -0.15) is 0 Å². The molecule has 0 aliphatic heterocycles. The third-order valence-electron chi connectivity index (χ3n) is 4.32. The van der Waals surface area contributed by atoms with Crippen molar-refractivity contribution in [2.24, 2.45) is 5.92 Å². The summed E-state index contributed by atoms with van der Waals surface area (Å²) in [6, 6.07) is 5.54. The van der Waals surface area contributed by atoms with Crippen LogP contribution in [0.4, 0.5) is 12.9 Å². The molecule has 7 heteroatoms. The van der Waals surface area contributed by atoms with Gasteiger partial charge in [-0.15, -0.1) is 5.46 Å². The molecular weight excluding hydrogens is 319 g/mol. The van der Waals surface area contributed by atoms with E-state index < -0.39 is 12.4 Å². The van der Waals surface area contributed by atoms with Crippen LogP contribution in [0.25, 0.3) is 0 Å². The molecule has 0 atom stereocenters. The Labute approximate surface area is 171 Å². The number of halogens is 3. The second-order valence-corrected chi connectivity index (χ2v) is 5.74. The van der Waals surface area contributed by atoms with E-state index in [9.17, 15) is 17.7 Å². The quantitative estimate of drug-likeness (QED) is 0.593. The van der Waals surface area contributed by atoms with Gasteiger partial charge in [0.05, 0.1) is 7.11 Å². The first-order chi connectivity index (χ1) is 9.90. The van der Waals surface area contributed by atoms with Gasteiger partial charge in [-0.25, -0.2) is 0 Å². The van der Waals surface area contributed by atoms with E-state index >= 15 is 0 Å². The molecule has 0 aromatic heterocycles. The molecule has 1 aliphatic carbocycles. The van der Waals surface area contributed by atoms with Crippen LogP contribution in [-0.4, -0.2) is 20.1 Å². The molecule has 0 spiro atoms.